The second-order valence-electron chi connectivity index (χ2n) is 9.70. The van der Waals surface area contributed by atoms with E-state index in [1.807, 2.05) is 24.3 Å². The number of nitrogens with one attached hydrogen (secondary N) is 2. The summed E-state index contributed by atoms with van der Waals surface area (Å²) in [6.45, 7) is 10.1. The van der Waals surface area contributed by atoms with Crippen LogP contribution in [-0.2, 0) is 30.2 Å². The Bertz CT molecular complexity index is 982. The maximum absolute atomic E-state index is 12.5. The third-order valence-corrected chi connectivity index (χ3v) is 7.72. The summed E-state index contributed by atoms with van der Waals surface area (Å²) in [6, 6.07) is 6.54. The molecule has 1 amide bonds. The number of carboxylic acids is 1. The topological polar surface area (TPSA) is 119 Å². The molecule has 0 radical (unpaired) electrons. The van der Waals surface area contributed by atoms with Crippen molar-refractivity contribution in [2.75, 3.05) is 33.5 Å². The molecule has 0 fully saturated rings. The van der Waals surface area contributed by atoms with Crippen molar-refractivity contribution in [2.24, 2.45) is 0 Å². The monoisotopic (exact) mass is 534 g/mol. The number of carbonyl (C=O) groups excluding carboxylic acids is 1. The lowest BCUT2D eigenvalue weighted by Gasteiger charge is -2.36. The average Bonchev–Trinajstić information content (AvgIpc) is 3.33. The Hall–Kier alpha value is -2.62. The van der Waals surface area contributed by atoms with Crippen LogP contribution in [0.2, 0.25) is 0 Å². The highest BCUT2D eigenvalue weighted by molar-refractivity contribution is 5.85. The molecule has 38 heavy (non-hydrogen) atoms. The van der Waals surface area contributed by atoms with Crippen molar-refractivity contribution in [3.05, 3.63) is 36.0 Å². The molecule has 9 heteroatoms. The lowest BCUT2D eigenvalue weighted by molar-refractivity contribution is -0.139. The second-order valence-corrected chi connectivity index (χ2v) is 9.70. The highest BCUT2D eigenvalue weighted by Crippen LogP contribution is 2.29. The van der Waals surface area contributed by atoms with Crippen molar-refractivity contribution in [2.45, 2.75) is 89.9 Å². The van der Waals surface area contributed by atoms with Crippen molar-refractivity contribution in [3.8, 4) is 0 Å². The fourth-order valence-electron chi connectivity index (χ4n) is 4.79. The first kappa shape index (κ1) is 31.6. The number of amides is 1. The molecule has 0 saturated heterocycles. The van der Waals surface area contributed by atoms with Crippen LogP contribution >= 0.6 is 0 Å². The van der Waals surface area contributed by atoms with Crippen LogP contribution in [0.25, 0.3) is 10.9 Å². The van der Waals surface area contributed by atoms with E-state index in [1.165, 1.54) is 0 Å². The van der Waals surface area contributed by atoms with E-state index in [4.69, 9.17) is 18.9 Å². The summed E-state index contributed by atoms with van der Waals surface area (Å²) in [6.07, 6.45) is 5.75. The number of aliphatic carboxylic acids is 1. The van der Waals surface area contributed by atoms with E-state index in [9.17, 15) is 14.7 Å². The van der Waals surface area contributed by atoms with E-state index in [-0.39, 0.29) is 18.6 Å². The van der Waals surface area contributed by atoms with E-state index >= 15 is 0 Å². The number of aromatic amines is 1. The molecule has 1 unspecified atom stereocenters. The number of H-pyrrole nitrogens is 1. The van der Waals surface area contributed by atoms with Crippen LogP contribution in [0.1, 0.15) is 71.8 Å². The maximum Gasteiger partial charge on any atom is 0.407 e. The Labute approximate surface area is 226 Å². The molecule has 3 N–H and O–H groups in total. The van der Waals surface area contributed by atoms with Gasteiger partial charge < -0.3 is 34.4 Å². The van der Waals surface area contributed by atoms with Gasteiger partial charge >= 0.3 is 12.1 Å². The number of hydrogen-bond acceptors (Lipinski definition) is 6. The van der Waals surface area contributed by atoms with Crippen LogP contribution in [0.4, 0.5) is 4.79 Å². The SMILES string of the molecule is CCC(CC)(CCOC(=O)NC(Cc1c[nH]c2ccccc12)C(=O)O)OCCC(CC)(CC)OCCOC. The van der Waals surface area contributed by atoms with Crippen molar-refractivity contribution >= 4 is 23.0 Å². The highest BCUT2D eigenvalue weighted by Gasteiger charge is 2.31. The quantitative estimate of drug-likeness (QED) is 0.205. The maximum atomic E-state index is 12.5. The summed E-state index contributed by atoms with van der Waals surface area (Å²) in [5.74, 6) is -1.12. The molecule has 2 aromatic rings. The predicted octanol–water partition coefficient (Wildman–Crippen LogP) is 5.47. The number of alkyl carbamates (subject to hydrolysis) is 1. The molecule has 0 saturated carbocycles. The Morgan fingerprint density at radius 2 is 1.53 bits per heavy atom. The predicted molar refractivity (Wildman–Crippen MR) is 148 cm³/mol. The van der Waals surface area contributed by atoms with E-state index in [0.717, 1.165) is 48.6 Å². The van der Waals surface area contributed by atoms with Gasteiger partial charge in [-0.05, 0) is 43.7 Å². The summed E-state index contributed by atoms with van der Waals surface area (Å²) in [7, 11) is 1.66. The van der Waals surface area contributed by atoms with Crippen molar-refractivity contribution < 1.29 is 33.6 Å². The van der Waals surface area contributed by atoms with Gasteiger partial charge in [0.2, 0.25) is 0 Å². The fourth-order valence-corrected chi connectivity index (χ4v) is 4.79. The molecular formula is C29H46N2O7. The van der Waals surface area contributed by atoms with Gasteiger partial charge in [0.25, 0.3) is 0 Å². The molecule has 0 bridgehead atoms. The van der Waals surface area contributed by atoms with E-state index in [0.29, 0.717) is 26.2 Å². The number of carboxylic acid groups (broad SMARTS) is 1. The van der Waals surface area contributed by atoms with Gasteiger partial charge in [-0.25, -0.2) is 9.59 Å². The number of benzene rings is 1. The first-order valence-electron chi connectivity index (χ1n) is 13.8. The molecule has 0 spiro atoms. The summed E-state index contributed by atoms with van der Waals surface area (Å²) < 4.78 is 23.1. The largest absolute Gasteiger partial charge is 0.480 e. The molecule has 9 nitrogen and oxygen atoms in total. The summed E-state index contributed by atoms with van der Waals surface area (Å²) in [4.78, 5) is 27.5. The Morgan fingerprint density at radius 1 is 0.921 bits per heavy atom. The van der Waals surface area contributed by atoms with Gasteiger partial charge in [-0.3, -0.25) is 0 Å². The van der Waals surface area contributed by atoms with Crippen LogP contribution in [0.3, 0.4) is 0 Å². The van der Waals surface area contributed by atoms with Gasteiger partial charge in [0.1, 0.15) is 6.04 Å². The van der Waals surface area contributed by atoms with Crippen LogP contribution in [0.15, 0.2) is 30.5 Å². The zero-order valence-corrected chi connectivity index (χ0v) is 23.6. The van der Waals surface area contributed by atoms with Crippen molar-refractivity contribution in [1.29, 1.82) is 0 Å². The van der Waals surface area contributed by atoms with E-state index in [2.05, 4.69) is 38.0 Å². The molecule has 1 heterocycles. The number of ether oxygens (including phenoxy) is 4. The van der Waals surface area contributed by atoms with Crippen molar-refractivity contribution in [3.63, 3.8) is 0 Å². The first-order chi connectivity index (χ1) is 18.3. The molecule has 1 atom stereocenters. The minimum absolute atomic E-state index is 0.129. The standard InChI is InChI=1S/C29H46N2O7/c1-6-28(7-2,37-17-15-29(8-3,9-4)38-19-18-35-5)14-16-36-27(34)31-25(26(32)33)20-22-21-30-24-13-11-10-12-23(22)24/h10-13,21,25,30H,6-9,14-20H2,1-5H3,(H,31,34)(H,32,33). The Kier molecular flexibility index (Phi) is 13.1. The number of methoxy groups -OCH3 is 1. The van der Waals surface area contributed by atoms with E-state index in [1.54, 1.807) is 13.3 Å². The van der Waals surface area contributed by atoms with Gasteiger partial charge in [0.15, 0.2) is 0 Å². The van der Waals surface area contributed by atoms with Gasteiger partial charge in [-0.1, -0.05) is 45.9 Å². The third kappa shape index (κ3) is 8.99. The average molecular weight is 535 g/mol. The number of carbonyl (C=O) groups is 2. The number of rotatable bonds is 19. The van der Waals surface area contributed by atoms with Crippen LogP contribution in [0, 0.1) is 0 Å². The number of hydrogen-bond donors (Lipinski definition) is 3. The zero-order valence-electron chi connectivity index (χ0n) is 23.6. The molecular weight excluding hydrogens is 488 g/mol. The van der Waals surface area contributed by atoms with Crippen LogP contribution in [-0.4, -0.2) is 72.9 Å². The van der Waals surface area contributed by atoms with E-state index < -0.39 is 23.7 Å². The van der Waals surface area contributed by atoms with Gasteiger partial charge in [0, 0.05) is 37.1 Å². The van der Waals surface area contributed by atoms with Gasteiger partial charge in [0.05, 0.1) is 37.6 Å². The molecule has 2 rings (SSSR count). The molecule has 1 aromatic heterocycles. The Balaban J connectivity index is 1.88. The Morgan fingerprint density at radius 3 is 2.13 bits per heavy atom. The van der Waals surface area contributed by atoms with Gasteiger partial charge in [-0.2, -0.15) is 0 Å². The lowest BCUT2D eigenvalue weighted by Crippen LogP contribution is -2.43. The fraction of sp³-hybridized carbons (Fsp3) is 0.655. The third-order valence-electron chi connectivity index (χ3n) is 7.72. The normalized spacial score (nSPS) is 13.0. The second kappa shape index (κ2) is 15.7. The summed E-state index contributed by atoms with van der Waals surface area (Å²) >= 11 is 0. The minimum atomic E-state index is -1.12. The number of para-hydroxylation sites is 1. The van der Waals surface area contributed by atoms with Crippen LogP contribution in [0.5, 0.6) is 0 Å². The van der Waals surface area contributed by atoms with Gasteiger partial charge in [-0.15, -0.1) is 0 Å². The van der Waals surface area contributed by atoms with Crippen molar-refractivity contribution in [1.82, 2.24) is 10.3 Å². The smallest absolute Gasteiger partial charge is 0.407 e. The minimum Gasteiger partial charge on any atom is -0.480 e. The lowest BCUT2D eigenvalue weighted by atomic mass is 9.91. The summed E-state index contributed by atoms with van der Waals surface area (Å²) in [5.41, 5.74) is 1.05. The first-order valence-corrected chi connectivity index (χ1v) is 13.8. The summed E-state index contributed by atoms with van der Waals surface area (Å²) in [5, 5.41) is 13.1. The number of fused-ring (bicyclic) bond motifs is 1. The molecule has 214 valence electrons. The van der Waals surface area contributed by atoms with Crippen LogP contribution < -0.4 is 5.32 Å². The molecule has 1 aromatic carbocycles. The number of aromatic nitrogens is 1. The highest BCUT2D eigenvalue weighted by atomic mass is 16.6. The molecule has 0 aliphatic heterocycles. The molecule has 0 aliphatic rings. The zero-order chi connectivity index (χ0) is 28.0. The molecule has 0 aliphatic carbocycles.